The summed E-state index contributed by atoms with van der Waals surface area (Å²) in [7, 11) is 0. The van der Waals surface area contributed by atoms with Crippen LogP contribution < -0.4 is 5.73 Å². The van der Waals surface area contributed by atoms with Gasteiger partial charge in [-0.1, -0.05) is 36.7 Å². The third kappa shape index (κ3) is 2.17. The predicted molar refractivity (Wildman–Crippen MR) is 64.4 cm³/mol. The monoisotopic (exact) mass is 236 g/mol. The average molecular weight is 237 g/mol. The zero-order chi connectivity index (χ0) is 11.5. The lowest BCUT2D eigenvalue weighted by molar-refractivity contribution is 0.683. The average Bonchev–Trinajstić information content (AvgIpc) is 2.63. The Bertz CT molecular complexity index is 492. The zero-order valence-electron chi connectivity index (χ0n) is 9.02. The van der Waals surface area contributed by atoms with Gasteiger partial charge in [0.15, 0.2) is 5.82 Å². The van der Waals surface area contributed by atoms with Crippen molar-refractivity contribution in [3.63, 3.8) is 0 Å². The molecule has 0 saturated heterocycles. The highest BCUT2D eigenvalue weighted by molar-refractivity contribution is 6.31. The molecule has 5 heteroatoms. The first-order chi connectivity index (χ1) is 7.70. The number of halogens is 1. The Morgan fingerprint density at radius 3 is 2.75 bits per heavy atom. The molecule has 1 heterocycles. The standard InChI is InChI=1S/C11H13ClN4/c1-2-10-14-11(13)16(15-10)7-8-5-3-4-6-9(8)12/h3-6H,2,7H2,1H3,(H2,13,14,15). The van der Waals surface area contributed by atoms with E-state index in [0.29, 0.717) is 12.5 Å². The highest BCUT2D eigenvalue weighted by atomic mass is 35.5. The fourth-order valence-electron chi connectivity index (χ4n) is 1.46. The van der Waals surface area contributed by atoms with Crippen LogP contribution in [0.2, 0.25) is 5.02 Å². The van der Waals surface area contributed by atoms with E-state index in [0.717, 1.165) is 22.8 Å². The quantitative estimate of drug-likeness (QED) is 0.888. The molecule has 1 aromatic carbocycles. The molecule has 1 aromatic heterocycles. The molecule has 0 atom stereocenters. The number of rotatable bonds is 3. The highest BCUT2D eigenvalue weighted by Gasteiger charge is 2.07. The molecular formula is C11H13ClN4. The van der Waals surface area contributed by atoms with Crippen LogP contribution in [0.1, 0.15) is 18.3 Å². The zero-order valence-corrected chi connectivity index (χ0v) is 9.78. The summed E-state index contributed by atoms with van der Waals surface area (Å²) in [6, 6.07) is 7.64. The van der Waals surface area contributed by atoms with Crippen LogP contribution in [0.3, 0.4) is 0 Å². The number of nitrogens with two attached hydrogens (primary N) is 1. The topological polar surface area (TPSA) is 56.7 Å². The fourth-order valence-corrected chi connectivity index (χ4v) is 1.65. The Kier molecular flexibility index (Phi) is 3.10. The van der Waals surface area contributed by atoms with E-state index >= 15 is 0 Å². The molecule has 84 valence electrons. The van der Waals surface area contributed by atoms with Gasteiger partial charge in [0, 0.05) is 11.4 Å². The van der Waals surface area contributed by atoms with Gasteiger partial charge in [-0.25, -0.2) is 4.68 Å². The summed E-state index contributed by atoms with van der Waals surface area (Å²) in [5.41, 5.74) is 6.75. The maximum atomic E-state index is 6.06. The van der Waals surface area contributed by atoms with Crippen LogP contribution in [0.15, 0.2) is 24.3 Å². The molecule has 2 rings (SSSR count). The Morgan fingerprint density at radius 1 is 1.38 bits per heavy atom. The SMILES string of the molecule is CCc1nc(N)n(Cc2ccccc2Cl)n1. The van der Waals surface area contributed by atoms with E-state index in [1.807, 2.05) is 31.2 Å². The first-order valence-corrected chi connectivity index (χ1v) is 5.51. The van der Waals surface area contributed by atoms with Gasteiger partial charge in [0.25, 0.3) is 0 Å². The summed E-state index contributed by atoms with van der Waals surface area (Å²) in [5.74, 6) is 1.18. The first-order valence-electron chi connectivity index (χ1n) is 5.13. The number of aromatic nitrogens is 3. The van der Waals surface area contributed by atoms with E-state index in [-0.39, 0.29) is 0 Å². The minimum atomic E-state index is 0.428. The maximum Gasteiger partial charge on any atom is 0.219 e. The van der Waals surface area contributed by atoms with Crippen molar-refractivity contribution in [2.24, 2.45) is 0 Å². The number of hydrogen-bond donors (Lipinski definition) is 1. The number of hydrogen-bond acceptors (Lipinski definition) is 3. The number of nitrogen functional groups attached to an aromatic ring is 1. The second-order valence-electron chi connectivity index (χ2n) is 3.49. The molecule has 0 aliphatic heterocycles. The molecule has 2 N–H and O–H groups in total. The summed E-state index contributed by atoms with van der Waals surface area (Å²) in [6.07, 6.45) is 0.778. The van der Waals surface area contributed by atoms with Crippen molar-refractivity contribution < 1.29 is 0 Å². The Morgan fingerprint density at radius 2 is 2.12 bits per heavy atom. The second kappa shape index (κ2) is 4.53. The van der Waals surface area contributed by atoms with E-state index in [2.05, 4.69) is 10.1 Å². The normalized spacial score (nSPS) is 10.6. The van der Waals surface area contributed by atoms with Crippen molar-refractivity contribution in [3.8, 4) is 0 Å². The number of aryl methyl sites for hydroxylation is 1. The second-order valence-corrected chi connectivity index (χ2v) is 3.90. The lowest BCUT2D eigenvalue weighted by Gasteiger charge is -2.04. The molecule has 0 bridgehead atoms. The number of nitrogens with zero attached hydrogens (tertiary/aromatic N) is 3. The van der Waals surface area contributed by atoms with E-state index in [4.69, 9.17) is 17.3 Å². The van der Waals surface area contributed by atoms with Crippen LogP contribution in [0.5, 0.6) is 0 Å². The van der Waals surface area contributed by atoms with Crippen LogP contribution in [0, 0.1) is 0 Å². The van der Waals surface area contributed by atoms with Crippen molar-refractivity contribution in [1.29, 1.82) is 0 Å². The molecule has 0 spiro atoms. The third-order valence-electron chi connectivity index (χ3n) is 2.34. The predicted octanol–water partition coefficient (Wildman–Crippen LogP) is 2.12. The van der Waals surface area contributed by atoms with Gasteiger partial charge in [-0.2, -0.15) is 10.1 Å². The molecule has 4 nitrogen and oxygen atoms in total. The molecule has 0 fully saturated rings. The van der Waals surface area contributed by atoms with Gasteiger partial charge in [0.1, 0.15) is 0 Å². The summed E-state index contributed by atoms with van der Waals surface area (Å²) in [4.78, 5) is 4.14. The van der Waals surface area contributed by atoms with Crippen molar-refractivity contribution in [3.05, 3.63) is 40.7 Å². The van der Waals surface area contributed by atoms with E-state index in [1.54, 1.807) is 4.68 Å². The Labute approximate surface area is 99.1 Å². The summed E-state index contributed by atoms with van der Waals surface area (Å²) in [5, 5.41) is 5.00. The van der Waals surface area contributed by atoms with E-state index in [9.17, 15) is 0 Å². The molecule has 0 unspecified atom stereocenters. The molecular weight excluding hydrogens is 224 g/mol. The van der Waals surface area contributed by atoms with Gasteiger partial charge in [-0.15, -0.1) is 0 Å². The number of benzene rings is 1. The van der Waals surface area contributed by atoms with E-state index in [1.165, 1.54) is 0 Å². The molecule has 2 aromatic rings. The van der Waals surface area contributed by atoms with E-state index < -0.39 is 0 Å². The van der Waals surface area contributed by atoms with Crippen molar-refractivity contribution in [2.45, 2.75) is 19.9 Å². The molecule has 0 radical (unpaired) electrons. The lowest BCUT2D eigenvalue weighted by Crippen LogP contribution is -2.06. The minimum absolute atomic E-state index is 0.428. The molecule has 0 aliphatic rings. The van der Waals surface area contributed by atoms with Gasteiger partial charge in [-0.3, -0.25) is 0 Å². The van der Waals surface area contributed by atoms with Crippen LogP contribution in [-0.4, -0.2) is 14.8 Å². The van der Waals surface area contributed by atoms with Crippen LogP contribution in [0.25, 0.3) is 0 Å². The summed E-state index contributed by atoms with van der Waals surface area (Å²) in [6.45, 7) is 2.55. The summed E-state index contributed by atoms with van der Waals surface area (Å²) >= 11 is 6.06. The smallest absolute Gasteiger partial charge is 0.219 e. The largest absolute Gasteiger partial charge is 0.368 e. The van der Waals surface area contributed by atoms with Crippen LogP contribution in [-0.2, 0) is 13.0 Å². The van der Waals surface area contributed by atoms with Crippen molar-refractivity contribution >= 4 is 17.5 Å². The van der Waals surface area contributed by atoms with Crippen molar-refractivity contribution in [1.82, 2.24) is 14.8 Å². The third-order valence-corrected chi connectivity index (χ3v) is 2.71. The molecule has 16 heavy (non-hydrogen) atoms. The Hall–Kier alpha value is -1.55. The fraction of sp³-hybridized carbons (Fsp3) is 0.273. The van der Waals surface area contributed by atoms with Crippen molar-refractivity contribution in [2.75, 3.05) is 5.73 Å². The number of anilines is 1. The van der Waals surface area contributed by atoms with Gasteiger partial charge >= 0.3 is 0 Å². The lowest BCUT2D eigenvalue weighted by atomic mass is 10.2. The minimum Gasteiger partial charge on any atom is -0.368 e. The maximum absolute atomic E-state index is 6.06. The molecule has 0 saturated carbocycles. The molecule has 0 aliphatic carbocycles. The first kappa shape index (κ1) is 11.0. The van der Waals surface area contributed by atoms with Gasteiger partial charge in [0.2, 0.25) is 5.95 Å². The summed E-state index contributed by atoms with van der Waals surface area (Å²) < 4.78 is 1.67. The highest BCUT2D eigenvalue weighted by Crippen LogP contribution is 2.16. The Balaban J connectivity index is 2.27. The molecule has 0 amide bonds. The van der Waals surface area contributed by atoms with Gasteiger partial charge < -0.3 is 5.73 Å². The van der Waals surface area contributed by atoms with Gasteiger partial charge in [0.05, 0.1) is 6.54 Å². The van der Waals surface area contributed by atoms with Gasteiger partial charge in [-0.05, 0) is 11.6 Å². The van der Waals surface area contributed by atoms with Crippen LogP contribution >= 0.6 is 11.6 Å². The van der Waals surface area contributed by atoms with Crippen LogP contribution in [0.4, 0.5) is 5.95 Å².